The highest BCUT2D eigenvalue weighted by molar-refractivity contribution is 6.44. The lowest BCUT2D eigenvalue weighted by Gasteiger charge is -2.08. The molecule has 98 valence electrons. The number of benzene rings is 1. The van der Waals surface area contributed by atoms with Crippen molar-refractivity contribution < 1.29 is 9.53 Å². The zero-order chi connectivity index (χ0) is 13.8. The van der Waals surface area contributed by atoms with E-state index in [-0.39, 0.29) is 5.91 Å². The Morgan fingerprint density at radius 1 is 1.32 bits per heavy atom. The Labute approximate surface area is 120 Å². The lowest BCUT2D eigenvalue weighted by molar-refractivity contribution is 0.102. The topological polar surface area (TPSA) is 51.2 Å². The lowest BCUT2D eigenvalue weighted by atomic mass is 10.2. The summed E-state index contributed by atoms with van der Waals surface area (Å²) >= 11 is 11.9. The van der Waals surface area contributed by atoms with Crippen molar-refractivity contribution in [2.24, 2.45) is 0 Å². The van der Waals surface area contributed by atoms with E-state index in [0.29, 0.717) is 27.2 Å². The van der Waals surface area contributed by atoms with Gasteiger partial charge in [-0.25, -0.2) is 4.98 Å². The van der Waals surface area contributed by atoms with Crippen molar-refractivity contribution in [3.8, 4) is 5.88 Å². The number of carbonyl (C=O) groups is 1. The number of ether oxygens (including phenoxy) is 1. The van der Waals surface area contributed by atoms with Crippen molar-refractivity contribution in [3.63, 3.8) is 0 Å². The monoisotopic (exact) mass is 296 g/mol. The molecule has 19 heavy (non-hydrogen) atoms. The summed E-state index contributed by atoms with van der Waals surface area (Å²) in [7, 11) is 1.48. The average molecular weight is 297 g/mol. The van der Waals surface area contributed by atoms with Crippen LogP contribution in [0.5, 0.6) is 5.88 Å². The van der Waals surface area contributed by atoms with Crippen LogP contribution in [0.25, 0.3) is 0 Å². The van der Waals surface area contributed by atoms with Gasteiger partial charge in [-0.05, 0) is 18.2 Å². The summed E-state index contributed by atoms with van der Waals surface area (Å²) in [5.74, 6) is 0.0507. The van der Waals surface area contributed by atoms with Crippen LogP contribution >= 0.6 is 23.2 Å². The number of halogens is 2. The Hall–Kier alpha value is -1.78. The number of nitrogens with one attached hydrogen (secondary N) is 1. The van der Waals surface area contributed by atoms with Crippen LogP contribution in [0.3, 0.4) is 0 Å². The molecule has 0 aliphatic rings. The molecule has 1 aromatic carbocycles. The molecule has 0 aliphatic heterocycles. The average Bonchev–Trinajstić information content (AvgIpc) is 2.44. The molecule has 2 aromatic rings. The van der Waals surface area contributed by atoms with E-state index in [4.69, 9.17) is 27.9 Å². The van der Waals surface area contributed by atoms with Crippen LogP contribution in [0.4, 0.5) is 5.69 Å². The van der Waals surface area contributed by atoms with E-state index in [2.05, 4.69) is 10.3 Å². The number of methoxy groups -OCH3 is 1. The second-order valence-electron chi connectivity index (χ2n) is 3.64. The standard InChI is InChI=1S/C13H10Cl2N2O2/c1-19-11-7-8(5-6-16-11)13(18)17-10-4-2-3-9(14)12(10)15/h2-7H,1H3,(H,17,18). The van der Waals surface area contributed by atoms with Crippen LogP contribution in [0.1, 0.15) is 10.4 Å². The van der Waals surface area contributed by atoms with Crippen LogP contribution < -0.4 is 10.1 Å². The van der Waals surface area contributed by atoms with E-state index >= 15 is 0 Å². The molecule has 1 aromatic heterocycles. The van der Waals surface area contributed by atoms with Crippen molar-refractivity contribution in [2.75, 3.05) is 12.4 Å². The molecule has 0 atom stereocenters. The van der Waals surface area contributed by atoms with Crippen molar-refractivity contribution in [3.05, 3.63) is 52.1 Å². The summed E-state index contributed by atoms with van der Waals surface area (Å²) in [6.45, 7) is 0. The highest BCUT2D eigenvalue weighted by Gasteiger charge is 2.11. The number of anilines is 1. The molecule has 2 rings (SSSR count). The van der Waals surface area contributed by atoms with Gasteiger partial charge in [0.05, 0.1) is 22.8 Å². The Morgan fingerprint density at radius 2 is 2.11 bits per heavy atom. The fourth-order valence-electron chi connectivity index (χ4n) is 1.46. The molecule has 0 aliphatic carbocycles. The maximum absolute atomic E-state index is 12.0. The molecule has 0 saturated carbocycles. The predicted molar refractivity (Wildman–Crippen MR) is 75.2 cm³/mol. The summed E-state index contributed by atoms with van der Waals surface area (Å²) in [5, 5.41) is 3.37. The molecule has 0 radical (unpaired) electrons. The molecule has 1 N–H and O–H groups in total. The predicted octanol–water partition coefficient (Wildman–Crippen LogP) is 3.65. The van der Waals surface area contributed by atoms with Gasteiger partial charge in [0.25, 0.3) is 5.91 Å². The minimum Gasteiger partial charge on any atom is -0.481 e. The first-order valence-electron chi connectivity index (χ1n) is 5.37. The third-order valence-electron chi connectivity index (χ3n) is 2.41. The highest BCUT2D eigenvalue weighted by atomic mass is 35.5. The highest BCUT2D eigenvalue weighted by Crippen LogP contribution is 2.29. The van der Waals surface area contributed by atoms with Gasteiger partial charge in [0.1, 0.15) is 0 Å². The van der Waals surface area contributed by atoms with E-state index in [1.807, 2.05) is 0 Å². The van der Waals surface area contributed by atoms with E-state index in [1.165, 1.54) is 19.4 Å². The van der Waals surface area contributed by atoms with E-state index in [9.17, 15) is 4.79 Å². The Morgan fingerprint density at radius 3 is 2.84 bits per heavy atom. The van der Waals surface area contributed by atoms with Crippen molar-refractivity contribution >= 4 is 34.8 Å². The van der Waals surface area contributed by atoms with Gasteiger partial charge >= 0.3 is 0 Å². The SMILES string of the molecule is COc1cc(C(=O)Nc2cccc(Cl)c2Cl)ccn1. The molecule has 0 fully saturated rings. The van der Waals surface area contributed by atoms with Gasteiger partial charge in [0.2, 0.25) is 5.88 Å². The third-order valence-corrected chi connectivity index (χ3v) is 3.22. The van der Waals surface area contributed by atoms with Gasteiger partial charge in [-0.2, -0.15) is 0 Å². The van der Waals surface area contributed by atoms with Crippen LogP contribution in [0, 0.1) is 0 Å². The number of amides is 1. The zero-order valence-electron chi connectivity index (χ0n) is 9.98. The second-order valence-corrected chi connectivity index (χ2v) is 4.43. The smallest absolute Gasteiger partial charge is 0.255 e. The number of rotatable bonds is 3. The molecule has 0 spiro atoms. The molecule has 1 amide bonds. The fraction of sp³-hybridized carbons (Fsp3) is 0.0769. The first kappa shape index (κ1) is 13.6. The number of hydrogen-bond donors (Lipinski definition) is 1. The second kappa shape index (κ2) is 5.91. The van der Waals surface area contributed by atoms with Crippen molar-refractivity contribution in [1.82, 2.24) is 4.98 Å². The Balaban J connectivity index is 2.23. The molecule has 0 saturated heterocycles. The first-order chi connectivity index (χ1) is 9.11. The largest absolute Gasteiger partial charge is 0.481 e. The lowest BCUT2D eigenvalue weighted by Crippen LogP contribution is -2.12. The van der Waals surface area contributed by atoms with Gasteiger partial charge < -0.3 is 10.1 Å². The molecular formula is C13H10Cl2N2O2. The third kappa shape index (κ3) is 3.16. The molecule has 1 heterocycles. The minimum atomic E-state index is -0.315. The summed E-state index contributed by atoms with van der Waals surface area (Å²) in [4.78, 5) is 16.0. The maximum Gasteiger partial charge on any atom is 0.255 e. The number of carbonyl (C=O) groups excluding carboxylic acids is 1. The van der Waals surface area contributed by atoms with Gasteiger partial charge in [-0.3, -0.25) is 4.79 Å². The zero-order valence-corrected chi connectivity index (χ0v) is 11.5. The number of pyridine rings is 1. The summed E-state index contributed by atoms with van der Waals surface area (Å²) < 4.78 is 4.96. The van der Waals surface area contributed by atoms with E-state index in [0.717, 1.165) is 0 Å². The molecule has 6 heteroatoms. The normalized spacial score (nSPS) is 10.1. The molecule has 0 unspecified atom stereocenters. The minimum absolute atomic E-state index is 0.304. The fourth-order valence-corrected chi connectivity index (χ4v) is 1.80. The van der Waals surface area contributed by atoms with Gasteiger partial charge in [-0.1, -0.05) is 29.3 Å². The van der Waals surface area contributed by atoms with Gasteiger partial charge in [0.15, 0.2) is 0 Å². The quantitative estimate of drug-likeness (QED) is 0.940. The molecule has 4 nitrogen and oxygen atoms in total. The van der Waals surface area contributed by atoms with Crippen molar-refractivity contribution in [2.45, 2.75) is 0 Å². The van der Waals surface area contributed by atoms with Crippen LogP contribution in [-0.2, 0) is 0 Å². The molecular weight excluding hydrogens is 287 g/mol. The Kier molecular flexibility index (Phi) is 4.24. The van der Waals surface area contributed by atoms with E-state index in [1.54, 1.807) is 24.3 Å². The number of aromatic nitrogens is 1. The summed E-state index contributed by atoms with van der Waals surface area (Å²) in [6, 6.07) is 8.14. The van der Waals surface area contributed by atoms with Gasteiger partial charge in [-0.15, -0.1) is 0 Å². The summed E-state index contributed by atoms with van der Waals surface area (Å²) in [5.41, 5.74) is 0.873. The Bertz CT molecular complexity index is 617. The number of hydrogen-bond acceptors (Lipinski definition) is 3. The summed E-state index contributed by atoms with van der Waals surface area (Å²) in [6.07, 6.45) is 1.49. The number of nitrogens with zero attached hydrogens (tertiary/aromatic N) is 1. The van der Waals surface area contributed by atoms with Crippen LogP contribution in [0.2, 0.25) is 10.0 Å². The maximum atomic E-state index is 12.0. The van der Waals surface area contributed by atoms with Gasteiger partial charge in [0, 0.05) is 17.8 Å². The molecule has 0 bridgehead atoms. The van der Waals surface area contributed by atoms with E-state index < -0.39 is 0 Å². The first-order valence-corrected chi connectivity index (χ1v) is 6.13. The van der Waals surface area contributed by atoms with Crippen molar-refractivity contribution in [1.29, 1.82) is 0 Å². The van der Waals surface area contributed by atoms with Crippen LogP contribution in [-0.4, -0.2) is 18.0 Å². The van der Waals surface area contributed by atoms with Crippen LogP contribution in [0.15, 0.2) is 36.5 Å².